The van der Waals surface area contributed by atoms with E-state index in [2.05, 4.69) is 16.0 Å². The molecule has 3 atom stereocenters. The Hall–Kier alpha value is -4.56. The summed E-state index contributed by atoms with van der Waals surface area (Å²) < 4.78 is 15.5. The Morgan fingerprint density at radius 3 is 0.867 bits per heavy atom. The number of benzene rings is 1. The highest BCUT2D eigenvalue weighted by molar-refractivity contribution is 5.82. The van der Waals surface area contributed by atoms with Crippen LogP contribution in [0.15, 0.2) is 18.2 Å². The zero-order chi connectivity index (χ0) is 34.9. The normalized spacial score (nSPS) is 13.8. The van der Waals surface area contributed by atoms with Gasteiger partial charge in [-0.2, -0.15) is 0 Å². The van der Waals surface area contributed by atoms with E-state index in [1.807, 2.05) is 0 Å². The zero-order valence-electron chi connectivity index (χ0n) is 27.1. The Bertz CT molecular complexity index is 1090. The molecule has 0 saturated carbocycles. The van der Waals surface area contributed by atoms with Crippen molar-refractivity contribution in [2.75, 3.05) is 0 Å². The number of amides is 3. The fourth-order valence-corrected chi connectivity index (χ4v) is 3.85. The van der Waals surface area contributed by atoms with Gasteiger partial charge in [-0.05, 0) is 79.0 Å². The number of aliphatic carboxylic acids is 3. The number of ether oxygens (including phenoxy) is 3. The van der Waals surface area contributed by atoms with E-state index in [4.69, 9.17) is 14.2 Å². The first-order valence-corrected chi connectivity index (χ1v) is 14.1. The van der Waals surface area contributed by atoms with E-state index in [9.17, 15) is 44.1 Å². The molecule has 0 aliphatic rings. The summed E-state index contributed by atoms with van der Waals surface area (Å²) in [6, 6.07) is -0.0187. The van der Waals surface area contributed by atoms with Gasteiger partial charge in [-0.3, -0.25) is 0 Å². The average Bonchev–Trinajstić information content (AvgIpc) is 2.78. The molecule has 15 heteroatoms. The fourth-order valence-electron chi connectivity index (χ4n) is 3.85. The summed E-state index contributed by atoms with van der Waals surface area (Å²) in [5.41, 5.74) is -1.85. The van der Waals surface area contributed by atoms with E-state index in [1.165, 1.54) is 18.2 Å². The van der Waals surface area contributed by atoms with Gasteiger partial charge in [0.15, 0.2) is 0 Å². The monoisotopic (exact) mass is 639 g/mol. The van der Waals surface area contributed by atoms with E-state index in [0.29, 0.717) is 0 Å². The SMILES string of the molecule is CC(C)(C)OC(=O)N[C@@H](Cc1cc(C[C@H](NC(=O)OC(C)(C)C)C(=O)O)cc(C[C@H](NC(=O)OC(C)(C)C)C(=O)O)c1)C(=O)O. The topological polar surface area (TPSA) is 227 Å². The molecule has 15 nitrogen and oxygen atoms in total. The number of carbonyl (C=O) groups is 6. The quantitative estimate of drug-likeness (QED) is 0.181. The van der Waals surface area contributed by atoms with Crippen molar-refractivity contribution in [1.29, 1.82) is 0 Å². The Balaban J connectivity index is 3.48. The minimum Gasteiger partial charge on any atom is -0.480 e. The van der Waals surface area contributed by atoms with Crippen LogP contribution in [-0.4, -0.2) is 86.4 Å². The highest BCUT2D eigenvalue weighted by Crippen LogP contribution is 2.18. The van der Waals surface area contributed by atoms with Crippen LogP contribution in [0, 0.1) is 0 Å². The summed E-state index contributed by atoms with van der Waals surface area (Å²) in [5, 5.41) is 36.2. The van der Waals surface area contributed by atoms with Gasteiger partial charge in [0.25, 0.3) is 0 Å². The smallest absolute Gasteiger partial charge is 0.408 e. The van der Waals surface area contributed by atoms with Crippen LogP contribution in [0.3, 0.4) is 0 Å². The number of carboxylic acid groups (broad SMARTS) is 3. The van der Waals surface area contributed by atoms with Crippen LogP contribution in [0.4, 0.5) is 14.4 Å². The van der Waals surface area contributed by atoms with Crippen molar-refractivity contribution in [1.82, 2.24) is 16.0 Å². The zero-order valence-corrected chi connectivity index (χ0v) is 27.1. The van der Waals surface area contributed by atoms with Crippen LogP contribution >= 0.6 is 0 Å². The second-order valence-corrected chi connectivity index (χ2v) is 13.4. The maximum absolute atomic E-state index is 12.3. The molecule has 6 N–H and O–H groups in total. The van der Waals surface area contributed by atoms with Crippen LogP contribution in [0.1, 0.15) is 79.0 Å². The van der Waals surface area contributed by atoms with Gasteiger partial charge in [0, 0.05) is 19.3 Å². The Morgan fingerprint density at radius 1 is 0.511 bits per heavy atom. The lowest BCUT2D eigenvalue weighted by molar-refractivity contribution is -0.140. The second kappa shape index (κ2) is 15.4. The molecule has 1 aromatic rings. The molecule has 3 amide bonds. The van der Waals surface area contributed by atoms with Gasteiger partial charge in [-0.15, -0.1) is 0 Å². The van der Waals surface area contributed by atoms with Gasteiger partial charge < -0.3 is 45.5 Å². The van der Waals surface area contributed by atoms with Gasteiger partial charge in [0.1, 0.15) is 34.9 Å². The average molecular weight is 640 g/mol. The lowest BCUT2D eigenvalue weighted by Crippen LogP contribution is -2.45. The Kier molecular flexibility index (Phi) is 13.2. The molecule has 0 heterocycles. The van der Waals surface area contributed by atoms with Crippen molar-refractivity contribution in [3.8, 4) is 0 Å². The van der Waals surface area contributed by atoms with Gasteiger partial charge in [0.05, 0.1) is 0 Å². The summed E-state index contributed by atoms with van der Waals surface area (Å²) in [7, 11) is 0. The molecule has 252 valence electrons. The number of alkyl carbamates (subject to hydrolysis) is 3. The molecule has 0 bridgehead atoms. The number of hydrogen-bond acceptors (Lipinski definition) is 9. The molecule has 1 aromatic carbocycles. The van der Waals surface area contributed by atoms with Crippen molar-refractivity contribution in [3.05, 3.63) is 34.9 Å². The van der Waals surface area contributed by atoms with E-state index in [-0.39, 0.29) is 36.0 Å². The highest BCUT2D eigenvalue weighted by atomic mass is 16.6. The fraction of sp³-hybridized carbons (Fsp3) is 0.600. The molecule has 0 unspecified atom stereocenters. The van der Waals surface area contributed by atoms with Crippen molar-refractivity contribution in [3.63, 3.8) is 0 Å². The van der Waals surface area contributed by atoms with E-state index in [1.54, 1.807) is 62.3 Å². The summed E-state index contributed by atoms with van der Waals surface area (Å²) in [6.07, 6.45) is -3.85. The van der Waals surface area contributed by atoms with E-state index in [0.717, 1.165) is 0 Å². The predicted molar refractivity (Wildman–Crippen MR) is 160 cm³/mol. The minimum atomic E-state index is -1.48. The van der Waals surface area contributed by atoms with Crippen molar-refractivity contribution >= 4 is 36.2 Å². The number of nitrogens with one attached hydrogen (secondary N) is 3. The summed E-state index contributed by atoms with van der Waals surface area (Å²) in [4.78, 5) is 73.0. The van der Waals surface area contributed by atoms with Crippen molar-refractivity contribution < 1.29 is 58.3 Å². The molecule has 45 heavy (non-hydrogen) atoms. The largest absolute Gasteiger partial charge is 0.480 e. The van der Waals surface area contributed by atoms with Crippen molar-refractivity contribution in [2.24, 2.45) is 0 Å². The lowest BCUT2D eigenvalue weighted by atomic mass is 9.94. The van der Waals surface area contributed by atoms with Crippen LogP contribution in [0.2, 0.25) is 0 Å². The summed E-state index contributed by atoms with van der Waals surface area (Å²) in [5.74, 6) is -4.17. The number of carbonyl (C=O) groups excluding carboxylic acids is 3. The number of carboxylic acids is 3. The molecule has 0 saturated heterocycles. The molecule has 0 fully saturated rings. The Morgan fingerprint density at radius 2 is 0.711 bits per heavy atom. The summed E-state index contributed by atoms with van der Waals surface area (Å²) >= 11 is 0. The van der Waals surface area contributed by atoms with E-state index < -0.39 is 71.1 Å². The molecule has 1 rings (SSSR count). The van der Waals surface area contributed by atoms with Gasteiger partial charge in [0.2, 0.25) is 0 Å². The van der Waals surface area contributed by atoms with Crippen LogP contribution < -0.4 is 16.0 Å². The van der Waals surface area contributed by atoms with Crippen LogP contribution in [0.25, 0.3) is 0 Å². The van der Waals surface area contributed by atoms with E-state index >= 15 is 0 Å². The second-order valence-electron chi connectivity index (χ2n) is 13.4. The maximum Gasteiger partial charge on any atom is 0.408 e. The van der Waals surface area contributed by atoms with Gasteiger partial charge in [-0.25, -0.2) is 28.8 Å². The standard InChI is InChI=1S/C30H45N3O12/c1-28(2,3)43-25(40)31-19(22(34)35)13-16-10-17(14-20(23(36)37)32-26(41)44-29(4,5)6)12-18(11-16)15-21(24(38)39)33-27(42)45-30(7,8)9/h10-12,19-21H,13-15H2,1-9H3,(H,31,40)(H,32,41)(H,33,42)(H,34,35)(H,36,37)(H,38,39)/t19-,20-,21-/m0/s1. The molecular weight excluding hydrogens is 594 g/mol. The van der Waals surface area contributed by atoms with Crippen LogP contribution in [0.5, 0.6) is 0 Å². The molecule has 0 aliphatic carbocycles. The maximum atomic E-state index is 12.3. The molecule has 0 spiro atoms. The molecule has 0 aliphatic heterocycles. The first-order chi connectivity index (χ1) is 20.3. The van der Waals surface area contributed by atoms with Crippen LogP contribution in [-0.2, 0) is 47.9 Å². The third-order valence-electron chi connectivity index (χ3n) is 5.40. The first kappa shape index (κ1) is 38.5. The molecular formula is C30H45N3O12. The molecule has 0 radical (unpaired) electrons. The number of rotatable bonds is 12. The van der Waals surface area contributed by atoms with Gasteiger partial charge >= 0.3 is 36.2 Å². The predicted octanol–water partition coefficient (Wildman–Crippen LogP) is 3.25. The third-order valence-corrected chi connectivity index (χ3v) is 5.40. The first-order valence-electron chi connectivity index (χ1n) is 14.1. The number of hydrogen-bond donors (Lipinski definition) is 6. The highest BCUT2D eigenvalue weighted by Gasteiger charge is 2.29. The minimum absolute atomic E-state index is 0.286. The lowest BCUT2D eigenvalue weighted by Gasteiger charge is -2.23. The van der Waals surface area contributed by atoms with Crippen molar-refractivity contribution in [2.45, 2.75) is 117 Å². The molecule has 0 aromatic heterocycles. The Labute approximate surface area is 262 Å². The van der Waals surface area contributed by atoms with Gasteiger partial charge in [-0.1, -0.05) is 18.2 Å². The third kappa shape index (κ3) is 16.2. The summed E-state index contributed by atoms with van der Waals surface area (Å²) in [6.45, 7) is 14.4.